The number of hydrogen-bond acceptors (Lipinski definition) is 2. The Morgan fingerprint density at radius 2 is 2.20 bits per heavy atom. The quantitative estimate of drug-likeness (QED) is 0.854. The number of rotatable bonds is 2. The van der Waals surface area contributed by atoms with Crippen molar-refractivity contribution in [1.29, 1.82) is 0 Å². The van der Waals surface area contributed by atoms with E-state index in [1.54, 1.807) is 6.07 Å². The van der Waals surface area contributed by atoms with Gasteiger partial charge in [0.05, 0.1) is 17.8 Å². The molecule has 7 heteroatoms. The number of thiocarbonyl (C=S) groups is 1. The summed E-state index contributed by atoms with van der Waals surface area (Å²) in [6.07, 6.45) is -3.60. The molecule has 0 aromatic heterocycles. The van der Waals surface area contributed by atoms with Gasteiger partial charge in [0.2, 0.25) is 0 Å². The molecule has 0 radical (unpaired) electrons. The molecule has 3 nitrogen and oxygen atoms in total. The predicted octanol–water partition coefficient (Wildman–Crippen LogP) is 2.99. The summed E-state index contributed by atoms with van der Waals surface area (Å²) in [6, 6.07) is 5.17. The highest BCUT2D eigenvalue weighted by Gasteiger charge is 2.32. The second-order valence-electron chi connectivity index (χ2n) is 4.59. The van der Waals surface area contributed by atoms with Crippen molar-refractivity contribution in [3.63, 3.8) is 0 Å². The average molecular weight is 301 g/mol. The molecule has 108 valence electrons. The Labute approximate surface area is 120 Å². The molecule has 0 saturated heterocycles. The van der Waals surface area contributed by atoms with Crippen LogP contribution in [0.3, 0.4) is 0 Å². The number of halogens is 3. The topological polar surface area (TPSA) is 41.6 Å². The summed E-state index contributed by atoms with van der Waals surface area (Å²) in [5, 5.41) is 5.84. The van der Waals surface area contributed by atoms with Crippen molar-refractivity contribution >= 4 is 23.0 Å². The maximum atomic E-state index is 12.7. The standard InChI is InChI=1S/C13H14F3N3S/c1-2-8-7-19(12(17)20)18-11(8)9-4-3-5-10(6-9)13(14,15)16/h3-6,8H,2,7H2,1H3,(H2,17,20). The zero-order chi connectivity index (χ0) is 14.9. The zero-order valence-corrected chi connectivity index (χ0v) is 11.6. The Morgan fingerprint density at radius 1 is 1.50 bits per heavy atom. The monoisotopic (exact) mass is 301 g/mol. The third-order valence-corrected chi connectivity index (χ3v) is 3.45. The van der Waals surface area contributed by atoms with E-state index in [4.69, 9.17) is 18.0 Å². The minimum absolute atomic E-state index is 0.0278. The van der Waals surface area contributed by atoms with E-state index in [0.29, 0.717) is 17.8 Å². The average Bonchev–Trinajstić information content (AvgIpc) is 2.82. The van der Waals surface area contributed by atoms with Gasteiger partial charge >= 0.3 is 6.18 Å². The second-order valence-corrected chi connectivity index (χ2v) is 5.01. The first kappa shape index (κ1) is 14.8. The van der Waals surface area contributed by atoms with Gasteiger partial charge in [0.25, 0.3) is 0 Å². The minimum atomic E-state index is -4.36. The molecule has 2 rings (SSSR count). The van der Waals surface area contributed by atoms with Crippen molar-refractivity contribution in [1.82, 2.24) is 5.01 Å². The van der Waals surface area contributed by atoms with E-state index < -0.39 is 11.7 Å². The first-order chi connectivity index (χ1) is 9.32. The summed E-state index contributed by atoms with van der Waals surface area (Å²) in [7, 11) is 0. The van der Waals surface area contributed by atoms with Crippen LogP contribution in [0.25, 0.3) is 0 Å². The lowest BCUT2D eigenvalue weighted by molar-refractivity contribution is -0.137. The number of hydrogen-bond donors (Lipinski definition) is 1. The lowest BCUT2D eigenvalue weighted by atomic mass is 9.94. The zero-order valence-electron chi connectivity index (χ0n) is 10.8. The van der Waals surface area contributed by atoms with Crippen LogP contribution in [0.1, 0.15) is 24.5 Å². The molecule has 1 atom stereocenters. The van der Waals surface area contributed by atoms with Crippen LogP contribution >= 0.6 is 12.2 Å². The van der Waals surface area contributed by atoms with Gasteiger partial charge in [-0.05, 0) is 36.3 Å². The molecule has 1 unspecified atom stereocenters. The molecule has 2 N–H and O–H groups in total. The van der Waals surface area contributed by atoms with Gasteiger partial charge in [-0.3, -0.25) is 0 Å². The van der Waals surface area contributed by atoms with Crippen molar-refractivity contribution in [2.45, 2.75) is 19.5 Å². The molecule has 1 aromatic rings. The molecular weight excluding hydrogens is 287 g/mol. The Morgan fingerprint density at radius 3 is 2.75 bits per heavy atom. The van der Waals surface area contributed by atoms with Crippen molar-refractivity contribution in [3.05, 3.63) is 35.4 Å². The molecular formula is C13H14F3N3S. The Kier molecular flexibility index (Phi) is 3.99. The molecule has 1 heterocycles. The van der Waals surface area contributed by atoms with Crippen LogP contribution in [0.2, 0.25) is 0 Å². The molecule has 0 aliphatic carbocycles. The van der Waals surface area contributed by atoms with Gasteiger partial charge in [-0.15, -0.1) is 0 Å². The van der Waals surface area contributed by atoms with Gasteiger partial charge in [-0.25, -0.2) is 5.01 Å². The molecule has 1 aliphatic rings. The maximum absolute atomic E-state index is 12.7. The van der Waals surface area contributed by atoms with E-state index in [-0.39, 0.29) is 11.0 Å². The van der Waals surface area contributed by atoms with Crippen molar-refractivity contribution in [2.24, 2.45) is 16.8 Å². The Hall–Kier alpha value is -1.63. The van der Waals surface area contributed by atoms with E-state index in [1.807, 2.05) is 6.92 Å². The summed E-state index contributed by atoms with van der Waals surface area (Å²) in [5.74, 6) is 0.0278. The maximum Gasteiger partial charge on any atom is 0.416 e. The van der Waals surface area contributed by atoms with Gasteiger partial charge in [-0.1, -0.05) is 19.1 Å². The lowest BCUT2D eigenvalue weighted by Crippen LogP contribution is -2.30. The highest BCUT2D eigenvalue weighted by Crippen LogP contribution is 2.31. The number of nitrogens with zero attached hydrogens (tertiary/aromatic N) is 2. The molecule has 1 aromatic carbocycles. The second kappa shape index (κ2) is 5.40. The van der Waals surface area contributed by atoms with Crippen LogP contribution in [-0.2, 0) is 6.18 Å². The molecule has 0 spiro atoms. The predicted molar refractivity (Wildman–Crippen MR) is 75.3 cm³/mol. The van der Waals surface area contributed by atoms with Crippen LogP contribution in [0.15, 0.2) is 29.4 Å². The van der Waals surface area contributed by atoms with Crippen molar-refractivity contribution in [2.75, 3.05) is 6.54 Å². The fraction of sp³-hybridized carbons (Fsp3) is 0.385. The van der Waals surface area contributed by atoms with Gasteiger partial charge in [0.15, 0.2) is 5.11 Å². The van der Waals surface area contributed by atoms with Gasteiger partial charge < -0.3 is 5.73 Å². The summed E-state index contributed by atoms with van der Waals surface area (Å²) >= 11 is 4.86. The third-order valence-electron chi connectivity index (χ3n) is 3.24. The van der Waals surface area contributed by atoms with Crippen LogP contribution in [0.5, 0.6) is 0 Å². The number of benzene rings is 1. The SMILES string of the molecule is CCC1CN(C(N)=S)N=C1c1cccc(C(F)(F)F)c1. The van der Waals surface area contributed by atoms with E-state index in [2.05, 4.69) is 5.10 Å². The van der Waals surface area contributed by atoms with Crippen LogP contribution < -0.4 is 5.73 Å². The third kappa shape index (κ3) is 2.92. The summed E-state index contributed by atoms with van der Waals surface area (Å²) in [4.78, 5) is 0. The normalized spacial score (nSPS) is 19.1. The van der Waals surface area contributed by atoms with Crippen LogP contribution in [0.4, 0.5) is 13.2 Å². The van der Waals surface area contributed by atoms with E-state index >= 15 is 0 Å². The Bertz CT molecular complexity index is 554. The number of nitrogens with two attached hydrogens (primary N) is 1. The fourth-order valence-electron chi connectivity index (χ4n) is 2.16. The molecule has 0 fully saturated rings. The molecule has 0 saturated carbocycles. The molecule has 20 heavy (non-hydrogen) atoms. The number of hydrazone groups is 1. The van der Waals surface area contributed by atoms with E-state index in [9.17, 15) is 13.2 Å². The largest absolute Gasteiger partial charge is 0.416 e. The van der Waals surface area contributed by atoms with Crippen molar-refractivity contribution < 1.29 is 13.2 Å². The highest BCUT2D eigenvalue weighted by atomic mass is 32.1. The molecule has 1 aliphatic heterocycles. The first-order valence-corrected chi connectivity index (χ1v) is 6.57. The Balaban J connectivity index is 2.39. The first-order valence-electron chi connectivity index (χ1n) is 6.16. The highest BCUT2D eigenvalue weighted by molar-refractivity contribution is 7.80. The molecule has 0 bridgehead atoms. The van der Waals surface area contributed by atoms with Crippen LogP contribution in [0, 0.1) is 5.92 Å². The summed E-state index contributed by atoms with van der Waals surface area (Å²) in [5.41, 5.74) is 5.91. The fourth-order valence-corrected chi connectivity index (χ4v) is 2.27. The summed E-state index contributed by atoms with van der Waals surface area (Å²) < 4.78 is 38.2. The van der Waals surface area contributed by atoms with E-state index in [1.165, 1.54) is 11.1 Å². The van der Waals surface area contributed by atoms with Gasteiger partial charge in [-0.2, -0.15) is 18.3 Å². The van der Waals surface area contributed by atoms with E-state index in [0.717, 1.165) is 18.6 Å². The molecule has 0 amide bonds. The van der Waals surface area contributed by atoms with Crippen LogP contribution in [-0.4, -0.2) is 22.4 Å². The minimum Gasteiger partial charge on any atom is -0.375 e. The van der Waals surface area contributed by atoms with Gasteiger partial charge in [0, 0.05) is 5.92 Å². The number of alkyl halides is 3. The summed E-state index contributed by atoms with van der Waals surface area (Å²) in [6.45, 7) is 2.47. The van der Waals surface area contributed by atoms with Gasteiger partial charge in [0.1, 0.15) is 0 Å². The smallest absolute Gasteiger partial charge is 0.375 e. The lowest BCUT2D eigenvalue weighted by Gasteiger charge is -2.13. The van der Waals surface area contributed by atoms with Crippen molar-refractivity contribution in [3.8, 4) is 0 Å².